The summed E-state index contributed by atoms with van der Waals surface area (Å²) in [6.45, 7) is -0.272. The van der Waals surface area contributed by atoms with Crippen LogP contribution in [0.3, 0.4) is 0 Å². The van der Waals surface area contributed by atoms with Gasteiger partial charge in [0.2, 0.25) is 10.0 Å². The van der Waals surface area contributed by atoms with E-state index in [0.717, 1.165) is 6.07 Å². The van der Waals surface area contributed by atoms with Crippen molar-refractivity contribution in [3.05, 3.63) is 28.2 Å². The fraction of sp³-hybridized carbons (Fsp3) is 0.111. The average molecular weight is 310 g/mol. The van der Waals surface area contributed by atoms with E-state index in [9.17, 15) is 17.2 Å². The van der Waals surface area contributed by atoms with Crippen molar-refractivity contribution in [1.29, 1.82) is 0 Å². The van der Waals surface area contributed by atoms with E-state index in [1.54, 1.807) is 0 Å². The summed E-state index contributed by atoms with van der Waals surface area (Å²) < 4.78 is 50.9. The van der Waals surface area contributed by atoms with Gasteiger partial charge in [0, 0.05) is 10.5 Å². The van der Waals surface area contributed by atoms with Crippen molar-refractivity contribution in [2.45, 2.75) is 4.90 Å². The fourth-order valence-corrected chi connectivity index (χ4v) is 3.09. The maximum atomic E-state index is 13.3. The van der Waals surface area contributed by atoms with Crippen LogP contribution in [0.2, 0.25) is 0 Å². The largest absolute Gasteiger partial charge is 0.245 e. The van der Waals surface area contributed by atoms with E-state index in [1.165, 1.54) is 0 Å². The number of hydrogen-bond donors (Lipinski definition) is 1. The molecule has 0 spiro atoms. The van der Waals surface area contributed by atoms with Crippen molar-refractivity contribution in [2.24, 2.45) is 0 Å². The minimum atomic E-state index is -4.08. The first-order valence-corrected chi connectivity index (χ1v) is 6.24. The van der Waals surface area contributed by atoms with Gasteiger partial charge in [0.1, 0.15) is 16.5 Å². The molecule has 0 radical (unpaired) electrons. The second-order valence-electron chi connectivity index (χ2n) is 2.73. The van der Waals surface area contributed by atoms with Gasteiger partial charge in [0.25, 0.3) is 0 Å². The molecular weight excluding hydrogens is 304 g/mol. The lowest BCUT2D eigenvalue weighted by Crippen LogP contribution is -2.25. The van der Waals surface area contributed by atoms with E-state index < -0.39 is 26.6 Å². The van der Waals surface area contributed by atoms with Crippen molar-refractivity contribution in [3.63, 3.8) is 0 Å². The molecule has 1 rings (SSSR count). The molecule has 0 fully saturated rings. The van der Waals surface area contributed by atoms with E-state index in [4.69, 9.17) is 6.42 Å². The monoisotopic (exact) mass is 309 g/mol. The van der Waals surface area contributed by atoms with Crippen LogP contribution >= 0.6 is 15.9 Å². The van der Waals surface area contributed by atoms with Gasteiger partial charge in [-0.05, 0) is 22.0 Å². The number of benzene rings is 1. The van der Waals surface area contributed by atoms with Crippen LogP contribution < -0.4 is 4.72 Å². The third kappa shape index (κ3) is 2.78. The molecule has 7 heteroatoms. The molecule has 0 aliphatic rings. The van der Waals surface area contributed by atoms with Crippen molar-refractivity contribution in [1.82, 2.24) is 4.72 Å². The number of sulfonamides is 1. The van der Waals surface area contributed by atoms with Crippen LogP contribution in [0.1, 0.15) is 0 Å². The number of halogens is 3. The van der Waals surface area contributed by atoms with Gasteiger partial charge in [-0.1, -0.05) is 5.92 Å². The van der Waals surface area contributed by atoms with Crippen molar-refractivity contribution >= 4 is 26.0 Å². The van der Waals surface area contributed by atoms with Crippen LogP contribution in [0.5, 0.6) is 0 Å². The van der Waals surface area contributed by atoms with Gasteiger partial charge < -0.3 is 0 Å². The summed E-state index contributed by atoms with van der Waals surface area (Å²) in [5.74, 6) is -0.0169. The number of rotatable bonds is 3. The molecule has 1 aromatic carbocycles. The van der Waals surface area contributed by atoms with Crippen LogP contribution in [-0.2, 0) is 10.0 Å². The molecule has 1 N–H and O–H groups in total. The first-order valence-electron chi connectivity index (χ1n) is 3.96. The molecule has 0 atom stereocenters. The molecule has 0 unspecified atom stereocenters. The van der Waals surface area contributed by atoms with E-state index in [1.807, 2.05) is 10.6 Å². The molecule has 86 valence electrons. The number of terminal acetylenes is 1. The summed E-state index contributed by atoms with van der Waals surface area (Å²) in [4.78, 5) is -0.663. The summed E-state index contributed by atoms with van der Waals surface area (Å²) in [7, 11) is -4.08. The molecule has 16 heavy (non-hydrogen) atoms. The molecule has 3 nitrogen and oxygen atoms in total. The Bertz CT molecular complexity index is 528. The molecular formula is C9H6BrF2NO2S. The second-order valence-corrected chi connectivity index (χ2v) is 5.29. The lowest BCUT2D eigenvalue weighted by atomic mass is 10.3. The predicted octanol–water partition coefficient (Wildman–Crippen LogP) is 1.64. The highest BCUT2D eigenvalue weighted by molar-refractivity contribution is 9.10. The van der Waals surface area contributed by atoms with Crippen LogP contribution in [0.15, 0.2) is 21.5 Å². The van der Waals surface area contributed by atoms with Gasteiger partial charge in [0.05, 0.1) is 6.54 Å². The Kier molecular flexibility index (Phi) is 4.02. The van der Waals surface area contributed by atoms with Crippen molar-refractivity contribution in [3.8, 4) is 12.3 Å². The maximum absolute atomic E-state index is 13.3. The third-order valence-electron chi connectivity index (χ3n) is 1.60. The van der Waals surface area contributed by atoms with E-state index in [0.29, 0.717) is 6.07 Å². The van der Waals surface area contributed by atoms with Gasteiger partial charge in [-0.3, -0.25) is 0 Å². The topological polar surface area (TPSA) is 46.2 Å². The standard InChI is InChI=1S/C9H6BrF2NO2S/c1-2-3-13-16(14,15)9-7(10)4-6(11)5-8(9)12/h1,4-5,13H,3H2. The Morgan fingerprint density at radius 3 is 2.56 bits per heavy atom. The highest BCUT2D eigenvalue weighted by Gasteiger charge is 2.22. The third-order valence-corrected chi connectivity index (χ3v) is 3.96. The van der Waals surface area contributed by atoms with Crippen LogP contribution in [-0.4, -0.2) is 15.0 Å². The van der Waals surface area contributed by atoms with Gasteiger partial charge in [-0.15, -0.1) is 6.42 Å². The molecule has 0 saturated carbocycles. The summed E-state index contributed by atoms with van der Waals surface area (Å²) in [6.07, 6.45) is 4.87. The predicted molar refractivity (Wildman–Crippen MR) is 58.1 cm³/mol. The minimum Gasteiger partial charge on any atom is -0.207 e. The molecule has 0 saturated heterocycles. The summed E-state index contributed by atoms with van der Waals surface area (Å²) in [5.41, 5.74) is 0. The molecule has 1 aromatic rings. The van der Waals surface area contributed by atoms with Gasteiger partial charge in [-0.2, -0.15) is 4.72 Å². The maximum Gasteiger partial charge on any atom is 0.245 e. The molecule has 0 aliphatic heterocycles. The quantitative estimate of drug-likeness (QED) is 0.863. The highest BCUT2D eigenvalue weighted by Crippen LogP contribution is 2.25. The normalized spacial score (nSPS) is 11.1. The first-order chi connectivity index (χ1) is 7.38. The minimum absolute atomic E-state index is 0.200. The Morgan fingerprint density at radius 1 is 1.44 bits per heavy atom. The van der Waals surface area contributed by atoms with Crippen molar-refractivity contribution in [2.75, 3.05) is 6.54 Å². The first kappa shape index (κ1) is 13.1. The van der Waals surface area contributed by atoms with E-state index in [-0.39, 0.29) is 11.0 Å². The van der Waals surface area contributed by atoms with Crippen LogP contribution in [0.4, 0.5) is 8.78 Å². The second kappa shape index (κ2) is 4.91. The molecule has 0 bridgehead atoms. The van der Waals surface area contributed by atoms with Gasteiger partial charge in [0.15, 0.2) is 0 Å². The summed E-state index contributed by atoms with van der Waals surface area (Å²) >= 11 is 2.77. The summed E-state index contributed by atoms with van der Waals surface area (Å²) in [5, 5.41) is 0. The van der Waals surface area contributed by atoms with Crippen molar-refractivity contribution < 1.29 is 17.2 Å². The zero-order valence-electron chi connectivity index (χ0n) is 7.80. The average Bonchev–Trinajstić information content (AvgIpc) is 2.12. The van der Waals surface area contributed by atoms with E-state index >= 15 is 0 Å². The van der Waals surface area contributed by atoms with Crippen LogP contribution in [0, 0.1) is 24.0 Å². The Labute approximate surface area is 100 Å². The zero-order chi connectivity index (χ0) is 12.3. The zero-order valence-corrected chi connectivity index (χ0v) is 10.2. The summed E-state index contributed by atoms with van der Waals surface area (Å²) in [6, 6.07) is 1.34. The SMILES string of the molecule is C#CCNS(=O)(=O)c1c(F)cc(F)cc1Br. The van der Waals surface area contributed by atoms with Crippen LogP contribution in [0.25, 0.3) is 0 Å². The van der Waals surface area contributed by atoms with Gasteiger partial charge >= 0.3 is 0 Å². The smallest absolute Gasteiger partial charge is 0.207 e. The molecule has 0 heterocycles. The Balaban J connectivity index is 3.29. The van der Waals surface area contributed by atoms with E-state index in [2.05, 4.69) is 15.9 Å². The lowest BCUT2D eigenvalue weighted by molar-refractivity contribution is 0.542. The molecule has 0 aromatic heterocycles. The lowest BCUT2D eigenvalue weighted by Gasteiger charge is -2.07. The highest BCUT2D eigenvalue weighted by atomic mass is 79.9. The molecule has 0 aliphatic carbocycles. The number of hydrogen-bond acceptors (Lipinski definition) is 2. The molecule has 0 amide bonds. The Morgan fingerprint density at radius 2 is 2.06 bits per heavy atom. The number of nitrogens with one attached hydrogen (secondary N) is 1. The fourth-order valence-electron chi connectivity index (χ4n) is 0.995. The van der Waals surface area contributed by atoms with Gasteiger partial charge in [-0.25, -0.2) is 17.2 Å². The Hall–Kier alpha value is -0.970.